The van der Waals surface area contributed by atoms with Gasteiger partial charge < -0.3 is 9.47 Å². The number of benzene rings is 2. The molecule has 0 aromatic heterocycles. The molecule has 1 fully saturated rings. The Morgan fingerprint density at radius 1 is 0.929 bits per heavy atom. The molecule has 1 aliphatic carbocycles. The molecular weight excluding hydrogens is 365 g/mol. The molecule has 28 heavy (non-hydrogen) atoms. The Balaban J connectivity index is 1.52. The van der Waals surface area contributed by atoms with Crippen LogP contribution >= 0.6 is 0 Å². The second-order valence-electron chi connectivity index (χ2n) is 7.62. The molecule has 2 aromatic rings. The first-order valence-electron chi connectivity index (χ1n) is 9.88. The minimum absolute atomic E-state index is 0.0495. The van der Waals surface area contributed by atoms with Crippen molar-refractivity contribution in [2.45, 2.75) is 51.1 Å². The van der Waals surface area contributed by atoms with Crippen molar-refractivity contribution in [1.29, 1.82) is 0 Å². The molecule has 0 heterocycles. The fraction of sp³-hybridized carbons (Fsp3) is 0.478. The van der Waals surface area contributed by atoms with E-state index in [-0.39, 0.29) is 24.5 Å². The fourth-order valence-corrected chi connectivity index (χ4v) is 3.79. The van der Waals surface area contributed by atoms with Gasteiger partial charge in [-0.3, -0.25) is 0 Å². The van der Waals surface area contributed by atoms with E-state index in [1.54, 1.807) is 0 Å². The average molecular weight is 392 g/mol. The second kappa shape index (κ2) is 9.35. The maximum absolute atomic E-state index is 14.5. The molecule has 3 rings (SSSR count). The monoisotopic (exact) mass is 392 g/mol. The van der Waals surface area contributed by atoms with Crippen LogP contribution in [0.2, 0.25) is 0 Å². The Bertz CT molecular complexity index is 768. The molecule has 0 N–H and O–H groups in total. The Morgan fingerprint density at radius 3 is 2.18 bits per heavy atom. The molecule has 152 valence electrons. The molecule has 1 saturated carbocycles. The van der Waals surface area contributed by atoms with Crippen LogP contribution in [-0.4, -0.2) is 13.7 Å². The number of halogens is 3. The molecule has 0 bridgehead atoms. The predicted molar refractivity (Wildman–Crippen MR) is 104 cm³/mol. The van der Waals surface area contributed by atoms with Gasteiger partial charge in [0.2, 0.25) is 11.6 Å². The van der Waals surface area contributed by atoms with E-state index in [4.69, 9.17) is 9.47 Å². The first-order valence-corrected chi connectivity index (χ1v) is 9.88. The molecule has 1 atom stereocenters. The third-order valence-corrected chi connectivity index (χ3v) is 5.65. The van der Waals surface area contributed by atoms with Crippen LogP contribution in [0.5, 0.6) is 11.5 Å². The fourth-order valence-electron chi connectivity index (χ4n) is 3.79. The van der Waals surface area contributed by atoms with Crippen molar-refractivity contribution >= 4 is 0 Å². The van der Waals surface area contributed by atoms with Crippen LogP contribution in [0.3, 0.4) is 0 Å². The molecule has 1 aliphatic rings. The lowest BCUT2D eigenvalue weighted by Crippen LogP contribution is -2.11. The molecule has 1 unspecified atom stereocenters. The molecular formula is C23H27F3O2. The predicted octanol–water partition coefficient (Wildman–Crippen LogP) is 6.75. The summed E-state index contributed by atoms with van der Waals surface area (Å²) in [5, 5.41) is 0. The van der Waals surface area contributed by atoms with E-state index < -0.39 is 17.8 Å². The Hall–Kier alpha value is -2.17. The first kappa shape index (κ1) is 20.6. The van der Waals surface area contributed by atoms with E-state index in [1.165, 1.54) is 50.5 Å². The van der Waals surface area contributed by atoms with Gasteiger partial charge in [-0.15, -0.1) is 0 Å². The third kappa shape index (κ3) is 4.81. The van der Waals surface area contributed by atoms with Crippen molar-refractivity contribution in [3.8, 4) is 11.5 Å². The van der Waals surface area contributed by atoms with Gasteiger partial charge >= 0.3 is 0 Å². The summed E-state index contributed by atoms with van der Waals surface area (Å²) in [7, 11) is 1.26. The van der Waals surface area contributed by atoms with E-state index in [2.05, 4.69) is 6.92 Å². The Labute approximate surface area is 164 Å². The van der Waals surface area contributed by atoms with Gasteiger partial charge in [-0.25, -0.2) is 4.39 Å². The lowest BCUT2D eigenvalue weighted by atomic mass is 9.79. The van der Waals surface area contributed by atoms with E-state index in [0.717, 1.165) is 5.92 Å². The van der Waals surface area contributed by atoms with Gasteiger partial charge in [-0.1, -0.05) is 44.0 Å². The number of alkyl halides is 1. The Morgan fingerprint density at radius 2 is 1.54 bits per heavy atom. The zero-order valence-electron chi connectivity index (χ0n) is 16.4. The minimum atomic E-state index is -1.22. The maximum atomic E-state index is 14.5. The molecule has 2 aromatic carbocycles. The molecule has 0 saturated heterocycles. The van der Waals surface area contributed by atoms with Crippen LogP contribution in [0, 0.1) is 17.6 Å². The largest absolute Gasteiger partial charge is 0.494 e. The van der Waals surface area contributed by atoms with Crippen molar-refractivity contribution < 1.29 is 22.6 Å². The summed E-state index contributed by atoms with van der Waals surface area (Å²) in [6, 6.07) is 10.2. The highest BCUT2D eigenvalue weighted by molar-refractivity contribution is 5.35. The smallest absolute Gasteiger partial charge is 0.204 e. The summed E-state index contributed by atoms with van der Waals surface area (Å²) >= 11 is 0. The summed E-state index contributed by atoms with van der Waals surface area (Å²) in [5.74, 6) is -1.30. The van der Waals surface area contributed by atoms with Crippen LogP contribution in [-0.2, 0) is 0 Å². The van der Waals surface area contributed by atoms with Gasteiger partial charge in [0.15, 0.2) is 11.5 Å². The molecule has 2 nitrogen and oxygen atoms in total. The van der Waals surface area contributed by atoms with Gasteiger partial charge in [0, 0.05) is 6.42 Å². The standard InChI is InChI=1S/C23H27F3O2/c1-15-3-5-16(6-4-15)17-7-9-18(10-8-17)19(24)13-14-28-21-12-11-20(27-2)22(25)23(21)26/h7-12,15-16,19H,3-6,13-14H2,1-2H3. The molecule has 0 aliphatic heterocycles. The quantitative estimate of drug-likeness (QED) is 0.519. The van der Waals surface area contributed by atoms with E-state index in [9.17, 15) is 13.2 Å². The molecule has 0 amide bonds. The third-order valence-electron chi connectivity index (χ3n) is 5.65. The van der Waals surface area contributed by atoms with Crippen LogP contribution in [0.4, 0.5) is 13.2 Å². The second-order valence-corrected chi connectivity index (χ2v) is 7.62. The normalized spacial score (nSPS) is 20.6. The highest BCUT2D eigenvalue weighted by atomic mass is 19.2. The summed E-state index contributed by atoms with van der Waals surface area (Å²) in [5.41, 5.74) is 1.85. The molecule has 0 radical (unpaired) electrons. The zero-order chi connectivity index (χ0) is 20.1. The number of hydrogen-bond acceptors (Lipinski definition) is 2. The number of methoxy groups -OCH3 is 1. The van der Waals surface area contributed by atoms with Crippen molar-refractivity contribution in [1.82, 2.24) is 0 Å². The maximum Gasteiger partial charge on any atom is 0.204 e. The van der Waals surface area contributed by atoms with Crippen LogP contribution in [0.15, 0.2) is 36.4 Å². The van der Waals surface area contributed by atoms with Gasteiger partial charge in [0.05, 0.1) is 13.7 Å². The number of hydrogen-bond donors (Lipinski definition) is 0. The van der Waals surface area contributed by atoms with Gasteiger partial charge in [0.1, 0.15) is 6.17 Å². The lowest BCUT2D eigenvalue weighted by molar-refractivity contribution is 0.228. The van der Waals surface area contributed by atoms with Crippen molar-refractivity contribution in [2.24, 2.45) is 5.92 Å². The topological polar surface area (TPSA) is 18.5 Å². The summed E-state index contributed by atoms with van der Waals surface area (Å²) < 4.78 is 52.0. The van der Waals surface area contributed by atoms with E-state index in [1.807, 2.05) is 24.3 Å². The molecule has 5 heteroatoms. The summed E-state index contributed by atoms with van der Waals surface area (Å²) in [6.07, 6.45) is 3.73. The van der Waals surface area contributed by atoms with Crippen molar-refractivity contribution in [2.75, 3.05) is 13.7 Å². The van der Waals surface area contributed by atoms with Crippen LogP contribution < -0.4 is 9.47 Å². The van der Waals surface area contributed by atoms with Crippen LogP contribution in [0.1, 0.15) is 62.2 Å². The van der Waals surface area contributed by atoms with E-state index in [0.29, 0.717) is 11.5 Å². The lowest BCUT2D eigenvalue weighted by Gasteiger charge is -2.26. The van der Waals surface area contributed by atoms with Gasteiger partial charge in [0.25, 0.3) is 0 Å². The number of ether oxygens (including phenoxy) is 2. The minimum Gasteiger partial charge on any atom is -0.494 e. The first-order chi connectivity index (χ1) is 13.5. The van der Waals surface area contributed by atoms with Crippen molar-refractivity contribution in [3.63, 3.8) is 0 Å². The molecule has 0 spiro atoms. The summed E-state index contributed by atoms with van der Waals surface area (Å²) in [6.45, 7) is 2.24. The highest BCUT2D eigenvalue weighted by Gasteiger charge is 2.20. The average Bonchev–Trinajstić information content (AvgIpc) is 2.72. The van der Waals surface area contributed by atoms with E-state index >= 15 is 0 Å². The number of rotatable bonds is 7. The highest BCUT2D eigenvalue weighted by Crippen LogP contribution is 2.36. The SMILES string of the molecule is COc1ccc(OCCC(F)c2ccc(C3CCC(C)CC3)cc2)c(F)c1F. The van der Waals surface area contributed by atoms with Gasteiger partial charge in [-0.05, 0) is 47.9 Å². The summed E-state index contributed by atoms with van der Waals surface area (Å²) in [4.78, 5) is 0. The zero-order valence-corrected chi connectivity index (χ0v) is 16.4. The van der Waals surface area contributed by atoms with Gasteiger partial charge in [-0.2, -0.15) is 8.78 Å². The Kier molecular flexibility index (Phi) is 6.87. The van der Waals surface area contributed by atoms with Crippen molar-refractivity contribution in [3.05, 3.63) is 59.2 Å². The van der Waals surface area contributed by atoms with Crippen LogP contribution in [0.25, 0.3) is 0 Å².